The Bertz CT molecular complexity index is 1350. The van der Waals surface area contributed by atoms with Crippen molar-refractivity contribution in [1.29, 1.82) is 0 Å². The summed E-state index contributed by atoms with van der Waals surface area (Å²) in [5.74, 6) is -2.33. The first-order chi connectivity index (χ1) is 19.7. The Kier molecular flexibility index (Phi) is 10.1. The van der Waals surface area contributed by atoms with E-state index in [2.05, 4.69) is 5.32 Å². The third kappa shape index (κ3) is 7.28. The normalized spacial score (nSPS) is 18.5. The van der Waals surface area contributed by atoms with E-state index in [-0.39, 0.29) is 36.8 Å². The van der Waals surface area contributed by atoms with Crippen molar-refractivity contribution in [2.45, 2.75) is 50.3 Å². The SMILES string of the molecule is CCC(=O)OC(OC(=O)C1=C(COC(C)=O)CSC2C(NC(=O)Cc3ccc(CCl)cc3)C(=O)N12)c1ccccc1. The minimum atomic E-state index is -1.36. The molecule has 2 amide bonds. The standard InChI is InChI=1S/C29H29ClN2O8S/c1-3-23(35)39-29(20-7-5-4-6-8-20)40-28(37)25-21(15-38-17(2)33)16-41-27-24(26(36)32(25)27)31-22(34)13-18-9-11-19(14-30)12-10-18/h4-12,24,27,29H,3,13-16H2,1-2H3,(H,31,34). The van der Waals surface area contributed by atoms with Gasteiger partial charge in [-0.25, -0.2) is 4.79 Å². The second-order valence-electron chi connectivity index (χ2n) is 9.31. The number of halogens is 1. The topological polar surface area (TPSA) is 128 Å². The van der Waals surface area contributed by atoms with Gasteiger partial charge in [0.25, 0.3) is 12.2 Å². The second-order valence-corrected chi connectivity index (χ2v) is 10.7. The van der Waals surface area contributed by atoms with Crippen LogP contribution in [0.4, 0.5) is 0 Å². The zero-order valence-corrected chi connectivity index (χ0v) is 24.0. The smallest absolute Gasteiger partial charge is 0.358 e. The van der Waals surface area contributed by atoms with Gasteiger partial charge in [-0.05, 0) is 11.1 Å². The maximum Gasteiger partial charge on any atom is 0.358 e. The summed E-state index contributed by atoms with van der Waals surface area (Å²) in [4.78, 5) is 64.4. The lowest BCUT2D eigenvalue weighted by molar-refractivity contribution is -0.189. The minimum Gasteiger partial charge on any atom is -0.461 e. The molecular formula is C29H29ClN2O8S. The van der Waals surface area contributed by atoms with Crippen molar-refractivity contribution in [3.8, 4) is 0 Å². The molecule has 1 N–H and O–H groups in total. The Morgan fingerprint density at radius 3 is 2.37 bits per heavy atom. The van der Waals surface area contributed by atoms with Gasteiger partial charge in [-0.2, -0.15) is 0 Å². The van der Waals surface area contributed by atoms with Crippen molar-refractivity contribution < 1.29 is 38.2 Å². The Labute approximate surface area is 246 Å². The highest BCUT2D eigenvalue weighted by atomic mass is 35.5. The van der Waals surface area contributed by atoms with Crippen LogP contribution < -0.4 is 5.32 Å². The first kappa shape index (κ1) is 30.1. The van der Waals surface area contributed by atoms with Crippen molar-refractivity contribution in [3.05, 3.63) is 82.6 Å². The first-order valence-electron chi connectivity index (χ1n) is 12.9. The van der Waals surface area contributed by atoms with Gasteiger partial charge in [-0.3, -0.25) is 24.1 Å². The number of β-lactam (4-membered cyclic amide) rings is 1. The number of carbonyl (C=O) groups is 5. The lowest BCUT2D eigenvalue weighted by Crippen LogP contribution is -2.70. The third-order valence-electron chi connectivity index (χ3n) is 6.36. The van der Waals surface area contributed by atoms with Gasteiger partial charge in [0.1, 0.15) is 23.7 Å². The molecule has 2 aromatic rings. The van der Waals surface area contributed by atoms with Gasteiger partial charge in [0, 0.05) is 36.1 Å². The number of benzene rings is 2. The molecule has 216 valence electrons. The van der Waals surface area contributed by atoms with E-state index >= 15 is 0 Å². The fourth-order valence-electron chi connectivity index (χ4n) is 4.25. The molecular weight excluding hydrogens is 572 g/mol. The molecule has 1 fully saturated rings. The monoisotopic (exact) mass is 600 g/mol. The number of hydrogen-bond donors (Lipinski definition) is 1. The summed E-state index contributed by atoms with van der Waals surface area (Å²) in [7, 11) is 0. The van der Waals surface area contributed by atoms with Crippen LogP contribution in [0.3, 0.4) is 0 Å². The van der Waals surface area contributed by atoms with Crippen LogP contribution in [-0.2, 0) is 50.5 Å². The van der Waals surface area contributed by atoms with Gasteiger partial charge in [0.2, 0.25) is 5.91 Å². The number of alkyl halides is 1. The molecule has 3 atom stereocenters. The highest BCUT2D eigenvalue weighted by molar-refractivity contribution is 8.00. The average molecular weight is 601 g/mol. The largest absolute Gasteiger partial charge is 0.461 e. The molecule has 3 unspecified atom stereocenters. The van der Waals surface area contributed by atoms with Gasteiger partial charge in [0.05, 0.1) is 6.42 Å². The van der Waals surface area contributed by atoms with E-state index in [0.29, 0.717) is 17.0 Å². The lowest BCUT2D eigenvalue weighted by Gasteiger charge is -2.49. The number of fused-ring (bicyclic) bond motifs is 1. The molecule has 10 nitrogen and oxygen atoms in total. The van der Waals surface area contributed by atoms with Crippen LogP contribution in [0.25, 0.3) is 0 Å². The number of hydrogen-bond acceptors (Lipinski definition) is 9. The summed E-state index contributed by atoms with van der Waals surface area (Å²) in [5, 5.41) is 2.18. The van der Waals surface area contributed by atoms with Crippen LogP contribution in [0, 0.1) is 0 Å². The predicted octanol–water partition coefficient (Wildman–Crippen LogP) is 3.38. The molecule has 0 aromatic heterocycles. The molecule has 41 heavy (non-hydrogen) atoms. The van der Waals surface area contributed by atoms with E-state index in [4.69, 9.17) is 25.8 Å². The number of nitrogens with one attached hydrogen (secondary N) is 1. The van der Waals surface area contributed by atoms with Gasteiger partial charge in [-0.1, -0.05) is 61.5 Å². The number of thioether (sulfide) groups is 1. The summed E-state index contributed by atoms with van der Waals surface area (Å²) >= 11 is 7.14. The molecule has 0 aliphatic carbocycles. The molecule has 0 saturated carbocycles. The van der Waals surface area contributed by atoms with E-state index in [9.17, 15) is 24.0 Å². The van der Waals surface area contributed by atoms with Gasteiger partial charge < -0.3 is 19.5 Å². The number of amides is 2. The van der Waals surface area contributed by atoms with E-state index in [1.54, 1.807) is 49.4 Å². The highest BCUT2D eigenvalue weighted by Gasteiger charge is 2.54. The van der Waals surface area contributed by atoms with Crippen molar-refractivity contribution in [2.24, 2.45) is 0 Å². The summed E-state index contributed by atoms with van der Waals surface area (Å²) in [6.07, 6.45) is -1.24. The first-order valence-corrected chi connectivity index (χ1v) is 14.5. The molecule has 0 bridgehead atoms. The molecule has 1 saturated heterocycles. The van der Waals surface area contributed by atoms with Crippen LogP contribution in [0.1, 0.15) is 43.2 Å². The maximum atomic E-state index is 13.6. The molecule has 12 heteroatoms. The van der Waals surface area contributed by atoms with E-state index < -0.39 is 41.5 Å². The van der Waals surface area contributed by atoms with Gasteiger partial charge in [-0.15, -0.1) is 23.4 Å². The van der Waals surface area contributed by atoms with Crippen LogP contribution in [0.2, 0.25) is 0 Å². The van der Waals surface area contributed by atoms with Crippen molar-refractivity contribution >= 4 is 53.1 Å². The quantitative estimate of drug-likeness (QED) is 0.179. The van der Waals surface area contributed by atoms with Gasteiger partial charge in [0.15, 0.2) is 0 Å². The number of ether oxygens (including phenoxy) is 3. The Morgan fingerprint density at radius 2 is 1.73 bits per heavy atom. The number of carbonyl (C=O) groups excluding carboxylic acids is 5. The van der Waals surface area contributed by atoms with Gasteiger partial charge >= 0.3 is 17.9 Å². The fraction of sp³-hybridized carbons (Fsp3) is 0.345. The zero-order chi connectivity index (χ0) is 29.5. The summed E-state index contributed by atoms with van der Waals surface area (Å²) in [5.41, 5.74) is 2.37. The lowest BCUT2D eigenvalue weighted by atomic mass is 10.0. The molecule has 2 heterocycles. The molecule has 4 rings (SSSR count). The van der Waals surface area contributed by atoms with Crippen LogP contribution in [-0.4, -0.2) is 58.4 Å². The Balaban J connectivity index is 1.52. The molecule has 2 aliphatic heterocycles. The molecule has 2 aromatic carbocycles. The highest BCUT2D eigenvalue weighted by Crippen LogP contribution is 2.41. The zero-order valence-electron chi connectivity index (χ0n) is 22.5. The number of esters is 3. The summed E-state index contributed by atoms with van der Waals surface area (Å²) < 4.78 is 16.1. The third-order valence-corrected chi connectivity index (χ3v) is 8.01. The molecule has 0 radical (unpaired) electrons. The van der Waals surface area contributed by atoms with E-state index in [1.165, 1.54) is 23.6 Å². The summed E-state index contributed by atoms with van der Waals surface area (Å²) in [6, 6.07) is 14.8. The maximum absolute atomic E-state index is 13.6. The summed E-state index contributed by atoms with van der Waals surface area (Å²) in [6.45, 7) is 2.61. The van der Waals surface area contributed by atoms with Crippen molar-refractivity contribution in [1.82, 2.24) is 10.2 Å². The number of nitrogens with zero attached hydrogens (tertiary/aromatic N) is 1. The van der Waals surface area contributed by atoms with Crippen LogP contribution in [0.15, 0.2) is 65.9 Å². The van der Waals surface area contributed by atoms with Crippen molar-refractivity contribution in [3.63, 3.8) is 0 Å². The van der Waals surface area contributed by atoms with Crippen LogP contribution >= 0.6 is 23.4 Å². The van der Waals surface area contributed by atoms with Crippen molar-refractivity contribution in [2.75, 3.05) is 12.4 Å². The Morgan fingerprint density at radius 1 is 1.05 bits per heavy atom. The Hall–Kier alpha value is -3.83. The second kappa shape index (κ2) is 13.7. The number of rotatable bonds is 11. The van der Waals surface area contributed by atoms with E-state index in [1.807, 2.05) is 12.1 Å². The molecule has 2 aliphatic rings. The molecule has 0 spiro atoms. The predicted molar refractivity (Wildman–Crippen MR) is 150 cm³/mol. The average Bonchev–Trinajstić information content (AvgIpc) is 2.98. The van der Waals surface area contributed by atoms with Crippen LogP contribution in [0.5, 0.6) is 0 Å². The minimum absolute atomic E-state index is 0.0584. The fourth-order valence-corrected chi connectivity index (χ4v) is 5.76. The van der Waals surface area contributed by atoms with E-state index in [0.717, 1.165) is 11.1 Å².